The van der Waals surface area contributed by atoms with Crippen LogP contribution < -0.4 is 22.9 Å². The third-order valence-corrected chi connectivity index (χ3v) is 8.56. The van der Waals surface area contributed by atoms with Crippen LogP contribution in [0.4, 0.5) is 0 Å². The van der Waals surface area contributed by atoms with Crippen LogP contribution in [0, 0.1) is 0 Å². The Balaban J connectivity index is 1.45. The molecule has 18 N–H and O–H groups in total. The molecule has 1 aliphatic carbocycles. The van der Waals surface area contributed by atoms with E-state index in [-0.39, 0.29) is 13.0 Å². The third kappa shape index (κ3) is 7.26. The number of hydrogen-bond acceptors (Lipinski definition) is 20. The molecule has 0 radical (unpaired) electrons. The number of rotatable bonds is 9. The SMILES string of the molecule is NC[C@H]1O[C@H](O[C@H]2[C@H](O)[C@@H](O[C@H]3O[C@H](CO)[C@@H](OC4OC(C(=O)O)C(O)C(O)C4O)[C@H](N)[C@H]3O)[C@H](N)C[C@@H]2N)[C@H](O)[C@@H](O)[C@@H]1O. The Morgan fingerprint density at radius 1 is 0.622 bits per heavy atom. The average Bonchev–Trinajstić information content (AvgIpc) is 3.00. The topological polar surface area (TPSA) is 379 Å². The molecule has 21 heteroatoms. The molecule has 45 heavy (non-hydrogen) atoms. The number of nitrogens with two attached hydrogens (primary N) is 4. The summed E-state index contributed by atoms with van der Waals surface area (Å²) in [6, 6.07) is -3.39. The smallest absolute Gasteiger partial charge is 0.335 e. The van der Waals surface area contributed by atoms with Crippen LogP contribution >= 0.6 is 0 Å². The lowest BCUT2D eigenvalue weighted by Crippen LogP contribution is -2.69. The van der Waals surface area contributed by atoms with Crippen molar-refractivity contribution in [1.82, 2.24) is 0 Å². The first-order chi connectivity index (χ1) is 21.1. The Labute approximate surface area is 255 Å². The maximum Gasteiger partial charge on any atom is 0.335 e. The molecule has 4 rings (SSSR count). The van der Waals surface area contributed by atoms with Crippen molar-refractivity contribution in [2.45, 2.75) is 129 Å². The van der Waals surface area contributed by atoms with Gasteiger partial charge >= 0.3 is 5.97 Å². The van der Waals surface area contributed by atoms with Gasteiger partial charge in [-0.3, -0.25) is 0 Å². The molecule has 0 bridgehead atoms. The first-order valence-electron chi connectivity index (χ1n) is 14.3. The summed E-state index contributed by atoms with van der Waals surface area (Å²) in [5, 5.41) is 102. The van der Waals surface area contributed by atoms with Crippen molar-refractivity contribution in [2.24, 2.45) is 22.9 Å². The molecule has 0 aromatic carbocycles. The van der Waals surface area contributed by atoms with Crippen molar-refractivity contribution >= 4 is 5.97 Å². The van der Waals surface area contributed by atoms with Crippen LogP contribution in [0.3, 0.4) is 0 Å². The Kier molecular flexibility index (Phi) is 12.1. The summed E-state index contributed by atoms with van der Waals surface area (Å²) in [6.45, 7) is -1.05. The van der Waals surface area contributed by atoms with Crippen molar-refractivity contribution < 1.29 is 84.3 Å². The van der Waals surface area contributed by atoms with Gasteiger partial charge in [0.2, 0.25) is 0 Å². The summed E-state index contributed by atoms with van der Waals surface area (Å²) >= 11 is 0. The minimum atomic E-state index is -2.00. The molecule has 20 atom stereocenters. The third-order valence-electron chi connectivity index (χ3n) is 8.56. The molecule has 4 fully saturated rings. The lowest BCUT2D eigenvalue weighted by molar-refractivity contribution is -0.352. The van der Waals surface area contributed by atoms with Crippen molar-refractivity contribution in [3.63, 3.8) is 0 Å². The maximum atomic E-state index is 11.4. The molecule has 4 aliphatic rings. The molecule has 3 saturated heterocycles. The number of ether oxygens (including phenoxy) is 6. The summed E-state index contributed by atoms with van der Waals surface area (Å²) in [6.07, 6.45) is -28.1. The number of hydrogen-bond donors (Lipinski definition) is 14. The van der Waals surface area contributed by atoms with Gasteiger partial charge in [-0.05, 0) is 6.42 Å². The van der Waals surface area contributed by atoms with Crippen molar-refractivity contribution in [3.8, 4) is 0 Å². The number of carbonyl (C=O) groups is 1. The van der Waals surface area contributed by atoms with Crippen LogP contribution in [-0.4, -0.2) is 193 Å². The van der Waals surface area contributed by atoms with Gasteiger partial charge in [0.25, 0.3) is 0 Å². The molecule has 0 amide bonds. The number of aliphatic hydroxyl groups is 9. The minimum Gasteiger partial charge on any atom is -0.479 e. The van der Waals surface area contributed by atoms with Gasteiger partial charge in [0.1, 0.15) is 79.4 Å². The highest BCUT2D eigenvalue weighted by Gasteiger charge is 2.54. The largest absolute Gasteiger partial charge is 0.479 e. The van der Waals surface area contributed by atoms with Crippen LogP contribution in [-0.2, 0) is 33.2 Å². The molecule has 0 spiro atoms. The van der Waals surface area contributed by atoms with Crippen LogP contribution in [0.25, 0.3) is 0 Å². The Bertz CT molecular complexity index is 986. The number of carboxylic acid groups (broad SMARTS) is 1. The second-order valence-corrected chi connectivity index (χ2v) is 11.6. The summed E-state index contributed by atoms with van der Waals surface area (Å²) in [4.78, 5) is 11.4. The van der Waals surface area contributed by atoms with E-state index in [4.69, 9.17) is 51.4 Å². The fourth-order valence-electron chi connectivity index (χ4n) is 5.88. The fourth-order valence-corrected chi connectivity index (χ4v) is 5.88. The van der Waals surface area contributed by atoms with Crippen molar-refractivity contribution in [3.05, 3.63) is 0 Å². The summed E-state index contributed by atoms with van der Waals surface area (Å²) in [7, 11) is 0. The van der Waals surface area contributed by atoms with Crippen molar-refractivity contribution in [2.75, 3.05) is 13.2 Å². The molecule has 3 aliphatic heterocycles. The fraction of sp³-hybridized carbons (Fsp3) is 0.958. The second kappa shape index (κ2) is 14.9. The van der Waals surface area contributed by atoms with E-state index in [0.29, 0.717) is 0 Å². The van der Waals surface area contributed by atoms with Gasteiger partial charge in [-0.1, -0.05) is 0 Å². The van der Waals surface area contributed by atoms with E-state index in [0.717, 1.165) is 0 Å². The lowest BCUT2D eigenvalue weighted by Gasteiger charge is -2.49. The Morgan fingerprint density at radius 2 is 1.09 bits per heavy atom. The standard InChI is InChI=1S/C24H44N4O17/c25-2-6-9(30)11(32)14(35)23(40-6)43-18-5(27)1-4(26)17(16(18)37)42-22-10(31)8(28)19(7(3-29)41-22)44-24-15(36)12(33)13(34)20(45-24)21(38)39/h4-20,22-24,29-37H,1-3,25-28H2,(H,38,39)/t4-,5+,6-,7-,8-,9-,10-,11+,12?,13?,14-,15?,16-,17+,18-,19-,20?,22-,23-,24?/m1/s1. The van der Waals surface area contributed by atoms with E-state index in [1.54, 1.807) is 0 Å². The lowest BCUT2D eigenvalue weighted by atomic mass is 9.84. The van der Waals surface area contributed by atoms with Gasteiger partial charge in [-0.25, -0.2) is 4.79 Å². The van der Waals surface area contributed by atoms with Crippen LogP contribution in [0.2, 0.25) is 0 Å². The molecule has 5 unspecified atom stereocenters. The molecule has 0 aromatic rings. The van der Waals surface area contributed by atoms with Gasteiger partial charge in [-0.15, -0.1) is 0 Å². The number of carboxylic acids is 1. The first-order valence-corrected chi connectivity index (χ1v) is 14.3. The highest BCUT2D eigenvalue weighted by molar-refractivity contribution is 5.73. The Hall–Kier alpha value is -1.29. The zero-order chi connectivity index (χ0) is 33.5. The minimum absolute atomic E-state index is 0.0272. The molecule has 3 heterocycles. The summed E-state index contributed by atoms with van der Waals surface area (Å²) in [5.74, 6) is -1.67. The van der Waals surface area contributed by atoms with E-state index < -0.39 is 135 Å². The molecule has 0 aromatic heterocycles. The van der Waals surface area contributed by atoms with Gasteiger partial charge in [0.05, 0.1) is 12.6 Å². The number of aliphatic hydroxyl groups excluding tert-OH is 9. The van der Waals surface area contributed by atoms with Crippen LogP contribution in [0.1, 0.15) is 6.42 Å². The van der Waals surface area contributed by atoms with E-state index in [1.165, 1.54) is 0 Å². The zero-order valence-corrected chi connectivity index (χ0v) is 23.8. The Morgan fingerprint density at radius 3 is 1.60 bits per heavy atom. The van der Waals surface area contributed by atoms with E-state index in [2.05, 4.69) is 0 Å². The summed E-state index contributed by atoms with van der Waals surface area (Å²) in [5.41, 5.74) is 24.1. The van der Waals surface area contributed by atoms with Gasteiger partial charge < -0.3 is 102 Å². The maximum absolute atomic E-state index is 11.4. The molecular formula is C24H44N4O17. The average molecular weight is 661 g/mol. The molecule has 21 nitrogen and oxygen atoms in total. The molecular weight excluding hydrogens is 616 g/mol. The molecule has 1 saturated carbocycles. The zero-order valence-electron chi connectivity index (χ0n) is 23.8. The normalized spacial score (nSPS) is 52.8. The highest BCUT2D eigenvalue weighted by Crippen LogP contribution is 2.33. The monoisotopic (exact) mass is 660 g/mol. The summed E-state index contributed by atoms with van der Waals surface area (Å²) < 4.78 is 33.3. The van der Waals surface area contributed by atoms with E-state index >= 15 is 0 Å². The predicted molar refractivity (Wildman–Crippen MR) is 141 cm³/mol. The first kappa shape index (κ1) is 36.5. The van der Waals surface area contributed by atoms with E-state index in [9.17, 15) is 55.9 Å². The van der Waals surface area contributed by atoms with E-state index in [1.807, 2.05) is 0 Å². The van der Waals surface area contributed by atoms with Gasteiger partial charge in [0.15, 0.2) is 25.0 Å². The van der Waals surface area contributed by atoms with Crippen LogP contribution in [0.5, 0.6) is 0 Å². The van der Waals surface area contributed by atoms with Crippen LogP contribution in [0.15, 0.2) is 0 Å². The van der Waals surface area contributed by atoms with Gasteiger partial charge in [-0.2, -0.15) is 0 Å². The quantitative estimate of drug-likeness (QED) is 0.109. The second-order valence-electron chi connectivity index (χ2n) is 11.6. The predicted octanol–water partition coefficient (Wildman–Crippen LogP) is -9.37. The van der Waals surface area contributed by atoms with Gasteiger partial charge in [0, 0.05) is 18.6 Å². The molecule has 262 valence electrons. The number of aliphatic carboxylic acids is 1. The highest BCUT2D eigenvalue weighted by atomic mass is 16.7. The van der Waals surface area contributed by atoms with Crippen molar-refractivity contribution in [1.29, 1.82) is 0 Å².